The Labute approximate surface area is 200 Å². The van der Waals surface area contributed by atoms with E-state index in [1.54, 1.807) is 18.2 Å². The molecule has 2 rings (SSSR count). The second kappa shape index (κ2) is 13.8. The third kappa shape index (κ3) is 9.17. The van der Waals surface area contributed by atoms with Crippen LogP contribution >= 0.6 is 35.6 Å². The lowest BCUT2D eigenvalue weighted by Gasteiger charge is -2.12. The molecule has 0 radical (unpaired) electrons. The molecule has 10 heteroatoms. The highest BCUT2D eigenvalue weighted by molar-refractivity contribution is 14.0. The molecule has 7 nitrogen and oxygen atoms in total. The van der Waals surface area contributed by atoms with Crippen molar-refractivity contribution in [3.8, 4) is 0 Å². The minimum atomic E-state index is -3.57. The van der Waals surface area contributed by atoms with Crippen LogP contribution in [-0.2, 0) is 27.8 Å². The number of benzene rings is 2. The molecule has 2 aromatic rings. The second-order valence-corrected chi connectivity index (χ2v) is 8.42. The molecule has 0 unspecified atom stereocenters. The van der Waals surface area contributed by atoms with Crippen LogP contribution in [-0.4, -0.2) is 41.2 Å². The Bertz CT molecular complexity index is 909. The van der Waals surface area contributed by atoms with Crippen LogP contribution in [0.2, 0.25) is 5.02 Å². The van der Waals surface area contributed by atoms with E-state index in [2.05, 4.69) is 20.3 Å². The van der Waals surface area contributed by atoms with Crippen LogP contribution in [0.3, 0.4) is 0 Å². The summed E-state index contributed by atoms with van der Waals surface area (Å²) < 4.78 is 32.1. The highest BCUT2D eigenvalue weighted by Gasteiger charge is 2.13. The molecule has 0 heterocycles. The van der Waals surface area contributed by atoms with Crippen molar-refractivity contribution in [2.45, 2.75) is 24.9 Å². The van der Waals surface area contributed by atoms with Gasteiger partial charge in [-0.2, -0.15) is 0 Å². The van der Waals surface area contributed by atoms with Crippen molar-refractivity contribution in [3.05, 3.63) is 64.7 Å². The number of aliphatic imine (C=N–C) groups is 1. The van der Waals surface area contributed by atoms with Crippen molar-refractivity contribution in [2.24, 2.45) is 4.99 Å². The number of nitrogens with zero attached hydrogens (tertiary/aromatic N) is 1. The first-order chi connectivity index (χ1) is 13.9. The van der Waals surface area contributed by atoms with Crippen molar-refractivity contribution < 1.29 is 13.2 Å². The highest BCUT2D eigenvalue weighted by Crippen LogP contribution is 2.12. The maximum Gasteiger partial charge on any atom is 0.240 e. The summed E-state index contributed by atoms with van der Waals surface area (Å²) in [5.41, 5.74) is 1.87. The fraction of sp³-hybridized carbons (Fsp3) is 0.350. The molecule has 166 valence electrons. The van der Waals surface area contributed by atoms with Crippen molar-refractivity contribution in [3.63, 3.8) is 0 Å². The lowest BCUT2D eigenvalue weighted by atomic mass is 10.2. The van der Waals surface area contributed by atoms with Crippen LogP contribution in [0.5, 0.6) is 0 Å². The number of hydrogen-bond donors (Lipinski definition) is 3. The molecule has 0 fully saturated rings. The fourth-order valence-electron chi connectivity index (χ4n) is 2.47. The Morgan fingerprint density at radius 3 is 2.50 bits per heavy atom. The van der Waals surface area contributed by atoms with E-state index in [0.29, 0.717) is 37.2 Å². The Morgan fingerprint density at radius 1 is 1.10 bits per heavy atom. The van der Waals surface area contributed by atoms with Crippen LogP contribution < -0.4 is 15.4 Å². The Morgan fingerprint density at radius 2 is 1.83 bits per heavy atom. The van der Waals surface area contributed by atoms with E-state index in [1.165, 1.54) is 7.11 Å². The van der Waals surface area contributed by atoms with E-state index in [0.717, 1.165) is 11.1 Å². The average Bonchev–Trinajstić information content (AvgIpc) is 2.71. The van der Waals surface area contributed by atoms with Crippen molar-refractivity contribution in [1.82, 2.24) is 15.4 Å². The first kappa shape index (κ1) is 26.6. The van der Waals surface area contributed by atoms with E-state index < -0.39 is 10.0 Å². The normalized spacial score (nSPS) is 11.6. The zero-order valence-electron chi connectivity index (χ0n) is 17.0. The van der Waals surface area contributed by atoms with Crippen molar-refractivity contribution >= 4 is 51.6 Å². The molecule has 0 aromatic heterocycles. The van der Waals surface area contributed by atoms with Crippen LogP contribution in [0, 0.1) is 0 Å². The molecule has 0 amide bonds. The van der Waals surface area contributed by atoms with Crippen molar-refractivity contribution in [2.75, 3.05) is 26.8 Å². The summed E-state index contributed by atoms with van der Waals surface area (Å²) in [7, 11) is -2.05. The summed E-state index contributed by atoms with van der Waals surface area (Å²) in [5, 5.41) is 7.13. The third-order valence-electron chi connectivity index (χ3n) is 3.94. The smallest absolute Gasteiger partial charge is 0.240 e. The quantitative estimate of drug-likeness (QED) is 0.178. The Balaban J connectivity index is 0.00000450. The number of ether oxygens (including phenoxy) is 1. The number of sulfonamides is 1. The molecule has 0 aliphatic heterocycles. The predicted octanol–water partition coefficient (Wildman–Crippen LogP) is 3.14. The van der Waals surface area contributed by atoms with E-state index >= 15 is 0 Å². The molecule has 0 bridgehead atoms. The average molecular weight is 567 g/mol. The number of methoxy groups -OCH3 is 1. The van der Waals surface area contributed by atoms with Gasteiger partial charge in [0.05, 0.1) is 18.0 Å². The monoisotopic (exact) mass is 566 g/mol. The van der Waals surface area contributed by atoms with E-state index in [9.17, 15) is 8.42 Å². The molecular weight excluding hydrogens is 539 g/mol. The van der Waals surface area contributed by atoms with Crippen molar-refractivity contribution in [1.29, 1.82) is 0 Å². The highest BCUT2D eigenvalue weighted by atomic mass is 127. The molecule has 0 spiro atoms. The molecular formula is C20H28ClIN4O3S. The van der Waals surface area contributed by atoms with Gasteiger partial charge in [-0.25, -0.2) is 18.1 Å². The lowest BCUT2D eigenvalue weighted by Crippen LogP contribution is -2.36. The largest absolute Gasteiger partial charge is 0.383 e. The maximum atomic E-state index is 12.3. The second-order valence-electron chi connectivity index (χ2n) is 6.21. The SMILES string of the molecule is CCNC(=NCc1cccc(S(=O)(=O)NCCOC)c1)NCc1ccc(Cl)cc1.I. The Hall–Kier alpha value is -1.40. The van der Waals surface area contributed by atoms with Gasteiger partial charge in [0.15, 0.2) is 5.96 Å². The molecule has 0 aliphatic rings. The molecule has 0 saturated carbocycles. The zero-order valence-corrected chi connectivity index (χ0v) is 20.9. The number of halogens is 2. The standard InChI is InChI=1S/C20H27ClN4O3S.HI/c1-3-22-20(23-14-16-7-9-18(21)10-8-16)24-15-17-5-4-6-19(13-17)29(26,27)25-11-12-28-2;/h4-10,13,25H,3,11-12,14-15H2,1-2H3,(H2,22,23,24);1H. The van der Waals surface area contributed by atoms with Gasteiger partial charge in [0.1, 0.15) is 0 Å². The topological polar surface area (TPSA) is 91.8 Å². The molecule has 3 N–H and O–H groups in total. The van der Waals surface area contributed by atoms with Gasteiger partial charge >= 0.3 is 0 Å². The maximum absolute atomic E-state index is 12.3. The summed E-state index contributed by atoms with van der Waals surface area (Å²) in [5.74, 6) is 0.647. The number of rotatable bonds is 10. The molecule has 0 saturated heterocycles. The van der Waals surface area contributed by atoms with Crippen LogP contribution in [0.15, 0.2) is 58.4 Å². The van der Waals surface area contributed by atoms with Gasteiger partial charge in [-0.1, -0.05) is 35.9 Å². The van der Waals surface area contributed by atoms with Gasteiger partial charge in [0, 0.05) is 31.8 Å². The minimum Gasteiger partial charge on any atom is -0.383 e. The van der Waals surface area contributed by atoms with Crippen LogP contribution in [0.4, 0.5) is 0 Å². The minimum absolute atomic E-state index is 0. The van der Waals surface area contributed by atoms with E-state index in [1.807, 2.05) is 37.3 Å². The molecule has 30 heavy (non-hydrogen) atoms. The summed E-state index contributed by atoms with van der Waals surface area (Å²) >= 11 is 5.91. The van der Waals surface area contributed by atoms with Gasteiger partial charge in [0.2, 0.25) is 10.0 Å². The number of hydrogen-bond acceptors (Lipinski definition) is 4. The molecule has 2 aromatic carbocycles. The predicted molar refractivity (Wildman–Crippen MR) is 132 cm³/mol. The molecule has 0 atom stereocenters. The summed E-state index contributed by atoms with van der Waals surface area (Å²) in [6.45, 7) is 4.18. The summed E-state index contributed by atoms with van der Waals surface area (Å²) in [4.78, 5) is 4.76. The van der Waals surface area contributed by atoms with Gasteiger partial charge in [0.25, 0.3) is 0 Å². The molecule has 0 aliphatic carbocycles. The van der Waals surface area contributed by atoms with E-state index in [4.69, 9.17) is 16.3 Å². The summed E-state index contributed by atoms with van der Waals surface area (Å²) in [6.07, 6.45) is 0. The zero-order chi connectivity index (χ0) is 21.1. The van der Waals surface area contributed by atoms with E-state index in [-0.39, 0.29) is 35.4 Å². The van der Waals surface area contributed by atoms with Gasteiger partial charge in [-0.05, 0) is 42.3 Å². The first-order valence-corrected chi connectivity index (χ1v) is 11.1. The van der Waals surface area contributed by atoms with Crippen LogP contribution in [0.25, 0.3) is 0 Å². The Kier molecular flexibility index (Phi) is 12.3. The van der Waals surface area contributed by atoms with Gasteiger partial charge in [-0.3, -0.25) is 0 Å². The lowest BCUT2D eigenvalue weighted by molar-refractivity contribution is 0.204. The van der Waals surface area contributed by atoms with Gasteiger partial charge < -0.3 is 15.4 Å². The number of guanidine groups is 1. The number of nitrogens with one attached hydrogen (secondary N) is 3. The third-order valence-corrected chi connectivity index (χ3v) is 5.65. The fourth-order valence-corrected chi connectivity index (χ4v) is 3.68. The summed E-state index contributed by atoms with van der Waals surface area (Å²) in [6, 6.07) is 14.3. The first-order valence-electron chi connectivity index (χ1n) is 9.28. The van der Waals surface area contributed by atoms with Crippen LogP contribution in [0.1, 0.15) is 18.1 Å². The van der Waals surface area contributed by atoms with Gasteiger partial charge in [-0.15, -0.1) is 24.0 Å².